The molecule has 1 heterocycles. The van der Waals surface area contributed by atoms with Crippen LogP contribution in [0, 0.1) is 0 Å². The van der Waals surface area contributed by atoms with E-state index in [1.165, 1.54) is 77.2 Å². The molecular formula is C41H27N. The molecule has 1 atom stereocenters. The highest BCUT2D eigenvalue weighted by Gasteiger charge is 2.30. The molecule has 0 saturated heterocycles. The van der Waals surface area contributed by atoms with Crippen LogP contribution in [0.25, 0.3) is 60.5 Å². The standard InChI is InChI=1S/C41H27N/c1-2-12-32(13-3-1)42-39-17-9-8-15-34(39)38-26-30(21-23-40(38)42)29-20-22-36-37(25-29)33-14-6-7-16-35(33)41(36)31-19-18-27-10-4-5-11-28(27)24-31/h1-26,41H. The molecule has 0 saturated carbocycles. The van der Waals surface area contributed by atoms with Crippen molar-refractivity contribution in [2.24, 2.45) is 0 Å². The Morgan fingerprint density at radius 2 is 1.10 bits per heavy atom. The molecule has 0 amide bonds. The Bertz CT molecular complexity index is 2300. The SMILES string of the molecule is c1ccc(-n2c3ccccc3c3cc(-c4ccc5c(c4)-c4ccccc4C5c4ccc5ccccc5c4)ccc32)cc1. The van der Waals surface area contributed by atoms with E-state index in [2.05, 4.69) is 162 Å². The molecule has 42 heavy (non-hydrogen) atoms. The normalized spacial score (nSPS) is 14.0. The van der Waals surface area contributed by atoms with E-state index < -0.39 is 0 Å². The van der Waals surface area contributed by atoms with Crippen LogP contribution >= 0.6 is 0 Å². The van der Waals surface area contributed by atoms with E-state index in [1.807, 2.05) is 0 Å². The van der Waals surface area contributed by atoms with Gasteiger partial charge in [0.25, 0.3) is 0 Å². The van der Waals surface area contributed by atoms with Crippen molar-refractivity contribution in [3.63, 3.8) is 0 Å². The molecule has 1 aromatic heterocycles. The quantitative estimate of drug-likeness (QED) is 0.213. The summed E-state index contributed by atoms with van der Waals surface area (Å²) in [5, 5.41) is 5.13. The van der Waals surface area contributed by atoms with Gasteiger partial charge in [-0.15, -0.1) is 0 Å². The molecule has 196 valence electrons. The Balaban J connectivity index is 1.21. The van der Waals surface area contributed by atoms with Crippen molar-refractivity contribution in [1.82, 2.24) is 4.57 Å². The Morgan fingerprint density at radius 1 is 0.405 bits per heavy atom. The van der Waals surface area contributed by atoms with E-state index in [0.717, 1.165) is 0 Å². The fourth-order valence-electron chi connectivity index (χ4n) is 7.14. The average Bonchev–Trinajstić information content (AvgIpc) is 3.57. The van der Waals surface area contributed by atoms with Crippen LogP contribution < -0.4 is 0 Å². The van der Waals surface area contributed by atoms with Gasteiger partial charge in [0.1, 0.15) is 0 Å². The smallest absolute Gasteiger partial charge is 0.0541 e. The molecule has 8 aromatic rings. The minimum atomic E-state index is 0.237. The first-order valence-electron chi connectivity index (χ1n) is 14.6. The molecule has 1 heteroatoms. The number of aromatic nitrogens is 1. The monoisotopic (exact) mass is 533 g/mol. The maximum atomic E-state index is 2.41. The van der Waals surface area contributed by atoms with Gasteiger partial charge >= 0.3 is 0 Å². The lowest BCUT2D eigenvalue weighted by molar-refractivity contribution is 1.02. The number of hydrogen-bond acceptors (Lipinski definition) is 0. The lowest BCUT2D eigenvalue weighted by Gasteiger charge is -2.16. The zero-order valence-electron chi connectivity index (χ0n) is 23.0. The van der Waals surface area contributed by atoms with Crippen LogP contribution in [0.2, 0.25) is 0 Å². The first kappa shape index (κ1) is 23.3. The van der Waals surface area contributed by atoms with E-state index in [4.69, 9.17) is 0 Å². The Labute approximate surface area is 244 Å². The summed E-state index contributed by atoms with van der Waals surface area (Å²) >= 11 is 0. The predicted molar refractivity (Wildman–Crippen MR) is 177 cm³/mol. The summed E-state index contributed by atoms with van der Waals surface area (Å²) in [6.45, 7) is 0. The number of hydrogen-bond donors (Lipinski definition) is 0. The van der Waals surface area contributed by atoms with E-state index in [1.54, 1.807) is 0 Å². The second-order valence-electron chi connectivity index (χ2n) is 11.3. The average molecular weight is 534 g/mol. The number of rotatable bonds is 3. The van der Waals surface area contributed by atoms with Crippen molar-refractivity contribution < 1.29 is 0 Å². The highest BCUT2D eigenvalue weighted by Crippen LogP contribution is 2.49. The molecule has 1 unspecified atom stereocenters. The topological polar surface area (TPSA) is 4.93 Å². The zero-order chi connectivity index (χ0) is 27.6. The molecule has 1 aliphatic rings. The summed E-state index contributed by atoms with van der Waals surface area (Å²) in [7, 11) is 0. The second kappa shape index (κ2) is 9.06. The molecule has 1 aliphatic carbocycles. The third-order valence-electron chi connectivity index (χ3n) is 9.05. The molecule has 0 bridgehead atoms. The first-order chi connectivity index (χ1) is 20.8. The summed E-state index contributed by atoms with van der Waals surface area (Å²) in [6.07, 6.45) is 0. The molecular weight excluding hydrogens is 506 g/mol. The fraction of sp³-hybridized carbons (Fsp3) is 0.0244. The first-order valence-corrected chi connectivity index (χ1v) is 14.6. The van der Waals surface area contributed by atoms with Crippen LogP contribution in [0.15, 0.2) is 158 Å². The van der Waals surface area contributed by atoms with E-state index in [9.17, 15) is 0 Å². The van der Waals surface area contributed by atoms with Crippen LogP contribution in [0.1, 0.15) is 22.6 Å². The maximum Gasteiger partial charge on any atom is 0.0541 e. The molecule has 7 aromatic carbocycles. The number of para-hydroxylation sites is 2. The lowest BCUT2D eigenvalue weighted by atomic mass is 9.87. The van der Waals surface area contributed by atoms with Crippen LogP contribution in [0.4, 0.5) is 0 Å². The molecule has 9 rings (SSSR count). The Morgan fingerprint density at radius 3 is 2.02 bits per heavy atom. The van der Waals surface area contributed by atoms with Gasteiger partial charge in [-0.2, -0.15) is 0 Å². The molecule has 0 aliphatic heterocycles. The Hall–Kier alpha value is -5.40. The van der Waals surface area contributed by atoms with Gasteiger partial charge in [0.2, 0.25) is 0 Å². The van der Waals surface area contributed by atoms with Gasteiger partial charge in [0, 0.05) is 22.4 Å². The van der Waals surface area contributed by atoms with Gasteiger partial charge in [-0.25, -0.2) is 0 Å². The lowest BCUT2D eigenvalue weighted by Crippen LogP contribution is -1.99. The largest absolute Gasteiger partial charge is 0.309 e. The van der Waals surface area contributed by atoms with Gasteiger partial charge in [0.15, 0.2) is 0 Å². The van der Waals surface area contributed by atoms with Crippen LogP contribution in [-0.2, 0) is 0 Å². The van der Waals surface area contributed by atoms with Crippen molar-refractivity contribution in [1.29, 1.82) is 0 Å². The van der Waals surface area contributed by atoms with Crippen molar-refractivity contribution in [2.45, 2.75) is 5.92 Å². The van der Waals surface area contributed by atoms with Crippen LogP contribution in [-0.4, -0.2) is 4.57 Å². The van der Waals surface area contributed by atoms with E-state index in [-0.39, 0.29) is 5.92 Å². The van der Waals surface area contributed by atoms with Gasteiger partial charge in [-0.3, -0.25) is 0 Å². The van der Waals surface area contributed by atoms with Crippen LogP contribution in [0.3, 0.4) is 0 Å². The highest BCUT2D eigenvalue weighted by molar-refractivity contribution is 6.10. The summed E-state index contributed by atoms with van der Waals surface area (Å²) < 4.78 is 2.38. The third-order valence-corrected chi connectivity index (χ3v) is 9.05. The highest BCUT2D eigenvalue weighted by atomic mass is 15.0. The summed E-state index contributed by atoms with van der Waals surface area (Å²) in [5.74, 6) is 0.237. The van der Waals surface area contributed by atoms with Gasteiger partial charge in [0.05, 0.1) is 11.0 Å². The van der Waals surface area contributed by atoms with Gasteiger partial charge in [-0.05, 0) is 86.1 Å². The minimum Gasteiger partial charge on any atom is -0.309 e. The third kappa shape index (κ3) is 3.44. The maximum absolute atomic E-state index is 2.41. The van der Waals surface area contributed by atoms with E-state index >= 15 is 0 Å². The summed E-state index contributed by atoms with van der Waals surface area (Å²) in [5.41, 5.74) is 13.0. The second-order valence-corrected chi connectivity index (χ2v) is 11.3. The summed E-state index contributed by atoms with van der Waals surface area (Å²) in [6, 6.07) is 58.0. The fourth-order valence-corrected chi connectivity index (χ4v) is 7.14. The Kier molecular flexibility index (Phi) is 5.03. The molecule has 0 radical (unpaired) electrons. The number of nitrogens with zero attached hydrogens (tertiary/aromatic N) is 1. The van der Waals surface area contributed by atoms with Crippen molar-refractivity contribution in [2.75, 3.05) is 0 Å². The van der Waals surface area contributed by atoms with Crippen molar-refractivity contribution in [3.8, 4) is 27.9 Å². The summed E-state index contributed by atoms with van der Waals surface area (Å²) in [4.78, 5) is 0. The number of fused-ring (bicyclic) bond motifs is 7. The molecule has 0 N–H and O–H groups in total. The molecule has 0 fully saturated rings. The predicted octanol–water partition coefficient (Wildman–Crippen LogP) is 10.8. The molecule has 1 nitrogen and oxygen atoms in total. The number of benzene rings is 7. The molecule has 0 spiro atoms. The van der Waals surface area contributed by atoms with Gasteiger partial charge in [-0.1, -0.05) is 121 Å². The van der Waals surface area contributed by atoms with Crippen molar-refractivity contribution >= 4 is 32.6 Å². The van der Waals surface area contributed by atoms with Gasteiger partial charge < -0.3 is 4.57 Å². The van der Waals surface area contributed by atoms with Crippen molar-refractivity contribution in [3.05, 3.63) is 174 Å². The zero-order valence-corrected chi connectivity index (χ0v) is 23.0. The van der Waals surface area contributed by atoms with E-state index in [0.29, 0.717) is 0 Å². The minimum absolute atomic E-state index is 0.237. The van der Waals surface area contributed by atoms with Crippen LogP contribution in [0.5, 0.6) is 0 Å².